The molecule has 10 nitrogen and oxygen atoms in total. The van der Waals surface area contributed by atoms with Gasteiger partial charge in [-0.1, -0.05) is 12.1 Å². The van der Waals surface area contributed by atoms with Gasteiger partial charge in [0.15, 0.2) is 11.5 Å². The number of nitrogens with one attached hydrogen (secondary N) is 1. The van der Waals surface area contributed by atoms with Crippen molar-refractivity contribution in [3.63, 3.8) is 0 Å². The lowest BCUT2D eigenvalue weighted by Crippen LogP contribution is -2.28. The molecule has 4 rings (SSSR count). The number of ether oxygens (including phenoxy) is 1. The van der Waals surface area contributed by atoms with Crippen LogP contribution in [0, 0.1) is 0 Å². The molecule has 0 aliphatic heterocycles. The summed E-state index contributed by atoms with van der Waals surface area (Å²) in [5.41, 5.74) is 1.02. The zero-order valence-corrected chi connectivity index (χ0v) is 15.1. The van der Waals surface area contributed by atoms with Gasteiger partial charge in [0.1, 0.15) is 0 Å². The van der Waals surface area contributed by atoms with Crippen LogP contribution in [0.1, 0.15) is 12.2 Å². The van der Waals surface area contributed by atoms with Gasteiger partial charge in [-0.2, -0.15) is 4.52 Å². The minimum Gasteiger partial charge on any atom is -0.480 e. The highest BCUT2D eigenvalue weighted by Crippen LogP contribution is 2.08. The number of carbonyl (C=O) groups excluding carboxylic acids is 1. The van der Waals surface area contributed by atoms with Crippen molar-refractivity contribution in [2.24, 2.45) is 0 Å². The van der Waals surface area contributed by atoms with Crippen LogP contribution in [0.25, 0.3) is 16.6 Å². The average Bonchev–Trinajstić information content (AvgIpc) is 3.14. The summed E-state index contributed by atoms with van der Waals surface area (Å²) in [6.45, 7) is 0.389. The fraction of sp³-hybridized carbons (Fsp3) is 0.222. The second-order valence-corrected chi connectivity index (χ2v) is 6.05. The Hall–Kier alpha value is -3.82. The summed E-state index contributed by atoms with van der Waals surface area (Å²) in [6, 6.07) is 10.5. The minimum atomic E-state index is -0.222. The van der Waals surface area contributed by atoms with E-state index in [-0.39, 0.29) is 31.0 Å². The first-order chi connectivity index (χ1) is 13.7. The fourth-order valence-corrected chi connectivity index (χ4v) is 2.79. The summed E-state index contributed by atoms with van der Waals surface area (Å²) < 4.78 is 8.03. The third kappa shape index (κ3) is 3.39. The number of aryl methyl sites for hydroxylation is 1. The number of nitrogens with zero attached hydrogens (tertiary/aromatic N) is 6. The highest BCUT2D eigenvalue weighted by molar-refractivity contribution is 5.77. The Morgan fingerprint density at radius 1 is 1.18 bits per heavy atom. The molecule has 0 atom stereocenters. The van der Waals surface area contributed by atoms with E-state index in [0.717, 1.165) is 0 Å². The van der Waals surface area contributed by atoms with E-state index in [4.69, 9.17) is 4.74 Å². The smallest absolute Gasteiger partial charge is 0.261 e. The van der Waals surface area contributed by atoms with Gasteiger partial charge in [-0.15, -0.1) is 15.3 Å². The molecule has 1 aromatic carbocycles. The van der Waals surface area contributed by atoms with Gasteiger partial charge in [0.05, 0.1) is 30.9 Å². The molecular weight excluding hydrogens is 362 g/mol. The molecule has 4 aromatic rings. The number of amides is 1. The topological polar surface area (TPSA) is 116 Å². The van der Waals surface area contributed by atoms with Crippen LogP contribution in [0.5, 0.6) is 5.88 Å². The van der Waals surface area contributed by atoms with Gasteiger partial charge in [0.2, 0.25) is 11.8 Å². The highest BCUT2D eigenvalue weighted by Gasteiger charge is 2.10. The first-order valence-corrected chi connectivity index (χ1v) is 8.62. The number of aromatic nitrogens is 6. The monoisotopic (exact) mass is 379 g/mol. The summed E-state index contributed by atoms with van der Waals surface area (Å²) in [6.07, 6.45) is 1.59. The third-order valence-electron chi connectivity index (χ3n) is 4.27. The Kier molecular flexibility index (Phi) is 4.67. The van der Waals surface area contributed by atoms with E-state index in [1.54, 1.807) is 30.3 Å². The van der Waals surface area contributed by atoms with Crippen molar-refractivity contribution < 1.29 is 9.53 Å². The van der Waals surface area contributed by atoms with Crippen molar-refractivity contribution in [2.75, 3.05) is 7.11 Å². The van der Waals surface area contributed by atoms with Crippen molar-refractivity contribution >= 4 is 22.5 Å². The normalized spacial score (nSPS) is 11.0. The molecule has 0 bridgehead atoms. The molecular formula is C18H17N7O3. The third-order valence-corrected chi connectivity index (χ3v) is 4.27. The van der Waals surface area contributed by atoms with E-state index in [1.165, 1.54) is 22.5 Å². The van der Waals surface area contributed by atoms with Crippen LogP contribution >= 0.6 is 0 Å². The van der Waals surface area contributed by atoms with Crippen molar-refractivity contribution in [3.05, 3.63) is 58.9 Å². The zero-order valence-electron chi connectivity index (χ0n) is 15.1. The van der Waals surface area contributed by atoms with Gasteiger partial charge in [0.25, 0.3) is 5.56 Å². The molecule has 1 amide bonds. The molecule has 142 valence electrons. The second kappa shape index (κ2) is 7.43. The molecule has 0 saturated heterocycles. The largest absolute Gasteiger partial charge is 0.480 e. The summed E-state index contributed by atoms with van der Waals surface area (Å²) in [5, 5.41) is 15.5. The molecule has 3 aromatic heterocycles. The average molecular weight is 379 g/mol. The Balaban J connectivity index is 1.40. The first kappa shape index (κ1) is 17.6. The van der Waals surface area contributed by atoms with Crippen LogP contribution in [0.15, 0.2) is 47.5 Å². The molecule has 0 radical (unpaired) electrons. The summed E-state index contributed by atoms with van der Waals surface area (Å²) >= 11 is 0. The van der Waals surface area contributed by atoms with Crippen LogP contribution in [0.2, 0.25) is 0 Å². The number of para-hydroxylation sites is 1. The van der Waals surface area contributed by atoms with E-state index < -0.39 is 0 Å². The molecule has 10 heteroatoms. The van der Waals surface area contributed by atoms with Gasteiger partial charge in [-0.05, 0) is 18.2 Å². The van der Waals surface area contributed by atoms with Crippen LogP contribution in [-0.4, -0.2) is 42.4 Å². The van der Waals surface area contributed by atoms with Crippen LogP contribution in [0.3, 0.4) is 0 Å². The Morgan fingerprint density at radius 3 is 2.89 bits per heavy atom. The Labute approximate surface area is 158 Å². The summed E-state index contributed by atoms with van der Waals surface area (Å²) in [5.74, 6) is 0.676. The Morgan fingerprint density at radius 2 is 2.04 bits per heavy atom. The van der Waals surface area contributed by atoms with Crippen LogP contribution in [0.4, 0.5) is 0 Å². The van der Waals surface area contributed by atoms with E-state index in [9.17, 15) is 9.59 Å². The Bertz CT molecular complexity index is 1210. The van der Waals surface area contributed by atoms with E-state index >= 15 is 0 Å². The molecule has 3 heterocycles. The lowest BCUT2D eigenvalue weighted by Gasteiger charge is -2.07. The molecule has 0 saturated carbocycles. The van der Waals surface area contributed by atoms with E-state index in [0.29, 0.717) is 28.3 Å². The number of rotatable bonds is 6. The van der Waals surface area contributed by atoms with E-state index in [2.05, 4.69) is 25.6 Å². The maximum absolute atomic E-state index is 12.4. The van der Waals surface area contributed by atoms with Gasteiger partial charge >= 0.3 is 0 Å². The fourth-order valence-electron chi connectivity index (χ4n) is 2.79. The first-order valence-electron chi connectivity index (χ1n) is 8.62. The minimum absolute atomic E-state index is 0.132. The summed E-state index contributed by atoms with van der Waals surface area (Å²) in [7, 11) is 1.52. The molecule has 0 spiro atoms. The SMILES string of the molecule is COc1ccc2nnc(CNC(=O)CCn3cnc4ccccc4c3=O)n2n1. The number of carbonyl (C=O) groups is 1. The maximum atomic E-state index is 12.4. The van der Waals surface area contributed by atoms with Crippen molar-refractivity contribution in [2.45, 2.75) is 19.5 Å². The molecule has 0 aliphatic carbocycles. The molecule has 0 aliphatic rings. The predicted octanol–water partition coefficient (Wildman–Crippen LogP) is 0.549. The molecule has 1 N–H and O–H groups in total. The van der Waals surface area contributed by atoms with Crippen molar-refractivity contribution in [1.29, 1.82) is 0 Å². The lowest BCUT2D eigenvalue weighted by atomic mass is 10.2. The predicted molar refractivity (Wildman–Crippen MR) is 99.8 cm³/mol. The van der Waals surface area contributed by atoms with Gasteiger partial charge < -0.3 is 10.1 Å². The summed E-state index contributed by atoms with van der Waals surface area (Å²) in [4.78, 5) is 28.9. The lowest BCUT2D eigenvalue weighted by molar-refractivity contribution is -0.121. The number of hydrogen-bond acceptors (Lipinski definition) is 7. The highest BCUT2D eigenvalue weighted by atomic mass is 16.5. The van der Waals surface area contributed by atoms with Gasteiger partial charge in [-0.3, -0.25) is 14.2 Å². The number of hydrogen-bond donors (Lipinski definition) is 1. The quantitative estimate of drug-likeness (QED) is 0.520. The van der Waals surface area contributed by atoms with Crippen LogP contribution in [-0.2, 0) is 17.9 Å². The van der Waals surface area contributed by atoms with Crippen molar-refractivity contribution in [3.8, 4) is 5.88 Å². The number of methoxy groups -OCH3 is 1. The number of fused-ring (bicyclic) bond motifs is 2. The second-order valence-electron chi connectivity index (χ2n) is 6.05. The maximum Gasteiger partial charge on any atom is 0.261 e. The van der Waals surface area contributed by atoms with Gasteiger partial charge in [0, 0.05) is 19.0 Å². The standard InChI is InChI=1S/C18H17N7O3/c1-28-17-7-6-14-21-22-15(25(14)23-17)10-19-16(26)8-9-24-11-20-13-5-3-2-4-12(13)18(24)27/h2-7,11H,8-10H2,1H3,(H,19,26). The van der Waals surface area contributed by atoms with E-state index in [1.807, 2.05) is 6.07 Å². The van der Waals surface area contributed by atoms with Crippen LogP contribution < -0.4 is 15.6 Å². The van der Waals surface area contributed by atoms with Crippen molar-refractivity contribution in [1.82, 2.24) is 34.7 Å². The molecule has 0 fully saturated rings. The zero-order chi connectivity index (χ0) is 19.5. The number of benzene rings is 1. The molecule has 0 unspecified atom stereocenters. The molecule has 28 heavy (non-hydrogen) atoms. The van der Waals surface area contributed by atoms with Gasteiger partial charge in [-0.25, -0.2) is 4.98 Å².